The highest BCUT2D eigenvalue weighted by atomic mass is 16.3. The lowest BCUT2D eigenvalue weighted by atomic mass is 9.95. The third-order valence-electron chi connectivity index (χ3n) is 3.77. The van der Waals surface area contributed by atoms with Crippen molar-refractivity contribution in [2.24, 2.45) is 0 Å². The molecule has 0 bridgehead atoms. The number of likely N-dealkylation sites (tertiary alicyclic amines) is 1. The number of rotatable bonds is 3. The zero-order chi connectivity index (χ0) is 14.8. The van der Waals surface area contributed by atoms with Crippen LogP contribution in [0.15, 0.2) is 18.2 Å². The van der Waals surface area contributed by atoms with E-state index in [9.17, 15) is 9.90 Å². The predicted octanol–water partition coefficient (Wildman–Crippen LogP) is 1.36. The standard InChI is InChI=1S/C15H23N3O2/c1-11-12(16)5-3-6-13(11)17-14(19)9-18-8-4-7-15(2,20)10-18/h3,5-6,20H,4,7-10,16H2,1-2H3,(H,17,19). The summed E-state index contributed by atoms with van der Waals surface area (Å²) in [5.74, 6) is -0.0728. The molecular formula is C15H23N3O2. The van der Waals surface area contributed by atoms with Gasteiger partial charge < -0.3 is 16.2 Å². The van der Waals surface area contributed by atoms with E-state index in [-0.39, 0.29) is 5.91 Å². The number of aliphatic hydroxyl groups is 1. The van der Waals surface area contributed by atoms with Gasteiger partial charge in [-0.2, -0.15) is 0 Å². The number of benzene rings is 1. The van der Waals surface area contributed by atoms with Gasteiger partial charge in [-0.1, -0.05) is 6.07 Å². The maximum Gasteiger partial charge on any atom is 0.238 e. The van der Waals surface area contributed by atoms with Crippen molar-refractivity contribution in [3.8, 4) is 0 Å². The molecule has 5 nitrogen and oxygen atoms in total. The van der Waals surface area contributed by atoms with Crippen LogP contribution in [0.1, 0.15) is 25.3 Å². The van der Waals surface area contributed by atoms with Crippen molar-refractivity contribution in [3.05, 3.63) is 23.8 Å². The molecule has 1 aromatic rings. The number of amides is 1. The van der Waals surface area contributed by atoms with Crippen molar-refractivity contribution in [1.29, 1.82) is 0 Å². The van der Waals surface area contributed by atoms with Crippen molar-refractivity contribution in [3.63, 3.8) is 0 Å². The summed E-state index contributed by atoms with van der Waals surface area (Å²) in [5, 5.41) is 12.9. The van der Waals surface area contributed by atoms with Crippen molar-refractivity contribution < 1.29 is 9.90 Å². The van der Waals surface area contributed by atoms with Crippen LogP contribution in [0.5, 0.6) is 0 Å². The lowest BCUT2D eigenvalue weighted by Gasteiger charge is -2.36. The number of anilines is 2. The molecule has 2 rings (SSSR count). The van der Waals surface area contributed by atoms with Crippen molar-refractivity contribution in [2.75, 3.05) is 30.7 Å². The third kappa shape index (κ3) is 3.71. The summed E-state index contributed by atoms with van der Waals surface area (Å²) < 4.78 is 0. The third-order valence-corrected chi connectivity index (χ3v) is 3.77. The van der Waals surface area contributed by atoms with E-state index in [4.69, 9.17) is 5.73 Å². The van der Waals surface area contributed by atoms with E-state index >= 15 is 0 Å². The molecule has 0 aliphatic carbocycles. The van der Waals surface area contributed by atoms with Gasteiger partial charge >= 0.3 is 0 Å². The minimum Gasteiger partial charge on any atom is -0.398 e. The first-order valence-electron chi connectivity index (χ1n) is 6.97. The molecule has 1 amide bonds. The molecule has 20 heavy (non-hydrogen) atoms. The number of hydrogen-bond acceptors (Lipinski definition) is 4. The second-order valence-electron chi connectivity index (χ2n) is 5.88. The molecule has 0 saturated carbocycles. The maximum absolute atomic E-state index is 12.1. The number of hydrogen-bond donors (Lipinski definition) is 3. The van der Waals surface area contributed by atoms with Gasteiger partial charge in [-0.3, -0.25) is 9.69 Å². The van der Waals surface area contributed by atoms with Crippen LogP contribution < -0.4 is 11.1 Å². The summed E-state index contributed by atoms with van der Waals surface area (Å²) in [6.07, 6.45) is 1.71. The van der Waals surface area contributed by atoms with E-state index in [1.54, 1.807) is 0 Å². The minimum absolute atomic E-state index is 0.0728. The summed E-state index contributed by atoms with van der Waals surface area (Å²) >= 11 is 0. The summed E-state index contributed by atoms with van der Waals surface area (Å²) in [6, 6.07) is 5.48. The smallest absolute Gasteiger partial charge is 0.238 e. The minimum atomic E-state index is -0.689. The van der Waals surface area contributed by atoms with Gasteiger partial charge in [0, 0.05) is 17.9 Å². The zero-order valence-corrected chi connectivity index (χ0v) is 12.1. The number of β-amino-alcohol motifs (C(OH)–C–C–N with tert-alkyl or cyclic N) is 1. The van der Waals surface area contributed by atoms with Gasteiger partial charge in [0.05, 0.1) is 12.1 Å². The molecule has 1 saturated heterocycles. The Hall–Kier alpha value is -1.59. The highest BCUT2D eigenvalue weighted by molar-refractivity contribution is 5.93. The van der Waals surface area contributed by atoms with Crippen LogP contribution in [0.2, 0.25) is 0 Å². The monoisotopic (exact) mass is 277 g/mol. The van der Waals surface area contributed by atoms with Crippen molar-refractivity contribution in [1.82, 2.24) is 4.90 Å². The molecule has 1 atom stereocenters. The molecule has 0 aromatic heterocycles. The Morgan fingerprint density at radius 3 is 3.00 bits per heavy atom. The largest absolute Gasteiger partial charge is 0.398 e. The number of carbonyl (C=O) groups is 1. The molecule has 1 aromatic carbocycles. The van der Waals surface area contributed by atoms with Gasteiger partial charge in [-0.05, 0) is 50.9 Å². The number of carbonyl (C=O) groups excluding carboxylic acids is 1. The fourth-order valence-corrected chi connectivity index (χ4v) is 2.64. The molecule has 0 radical (unpaired) electrons. The lowest BCUT2D eigenvalue weighted by molar-refractivity contribution is -0.118. The lowest BCUT2D eigenvalue weighted by Crippen LogP contribution is -2.48. The molecule has 0 spiro atoms. The Bertz CT molecular complexity index is 500. The zero-order valence-electron chi connectivity index (χ0n) is 12.1. The molecule has 1 aliphatic rings. The fraction of sp³-hybridized carbons (Fsp3) is 0.533. The Labute approximate surface area is 119 Å². The van der Waals surface area contributed by atoms with Crippen LogP contribution in [-0.2, 0) is 4.79 Å². The van der Waals surface area contributed by atoms with E-state index in [0.717, 1.165) is 30.6 Å². The summed E-state index contributed by atoms with van der Waals surface area (Å²) in [6.45, 7) is 5.38. The number of piperidine rings is 1. The highest BCUT2D eigenvalue weighted by Crippen LogP contribution is 2.22. The SMILES string of the molecule is Cc1c(N)cccc1NC(=O)CN1CCCC(C)(O)C1. The van der Waals surface area contributed by atoms with Crippen molar-refractivity contribution >= 4 is 17.3 Å². The second kappa shape index (κ2) is 5.81. The topological polar surface area (TPSA) is 78.6 Å². The summed E-state index contributed by atoms with van der Waals surface area (Å²) in [7, 11) is 0. The van der Waals surface area contributed by atoms with Gasteiger partial charge in [0.1, 0.15) is 0 Å². The van der Waals surface area contributed by atoms with E-state index in [1.807, 2.05) is 36.9 Å². The quantitative estimate of drug-likeness (QED) is 0.729. The van der Waals surface area contributed by atoms with E-state index < -0.39 is 5.60 Å². The van der Waals surface area contributed by atoms with Gasteiger partial charge in [-0.15, -0.1) is 0 Å². The normalized spacial score (nSPS) is 23.6. The van der Waals surface area contributed by atoms with Gasteiger partial charge in [0.25, 0.3) is 0 Å². The number of nitrogen functional groups attached to an aromatic ring is 1. The molecule has 1 heterocycles. The maximum atomic E-state index is 12.1. The van der Waals surface area contributed by atoms with E-state index in [2.05, 4.69) is 5.32 Å². The van der Waals surface area contributed by atoms with Crippen LogP contribution in [0.25, 0.3) is 0 Å². The number of nitrogens with one attached hydrogen (secondary N) is 1. The van der Waals surface area contributed by atoms with E-state index in [0.29, 0.717) is 18.8 Å². The van der Waals surface area contributed by atoms with Gasteiger partial charge in [0.2, 0.25) is 5.91 Å². The molecule has 1 unspecified atom stereocenters. The molecule has 5 heteroatoms. The van der Waals surface area contributed by atoms with Crippen LogP contribution in [0, 0.1) is 6.92 Å². The Morgan fingerprint density at radius 1 is 1.55 bits per heavy atom. The first-order chi connectivity index (χ1) is 9.37. The van der Waals surface area contributed by atoms with Crippen LogP contribution >= 0.6 is 0 Å². The Kier molecular flexibility index (Phi) is 4.30. The summed E-state index contributed by atoms with van der Waals surface area (Å²) in [5.41, 5.74) is 7.43. The highest BCUT2D eigenvalue weighted by Gasteiger charge is 2.29. The Morgan fingerprint density at radius 2 is 2.30 bits per heavy atom. The second-order valence-corrected chi connectivity index (χ2v) is 5.88. The molecular weight excluding hydrogens is 254 g/mol. The molecule has 1 aliphatic heterocycles. The van der Waals surface area contributed by atoms with E-state index in [1.165, 1.54) is 0 Å². The summed E-state index contributed by atoms with van der Waals surface area (Å²) in [4.78, 5) is 14.1. The van der Waals surface area contributed by atoms with Crippen LogP contribution in [0.3, 0.4) is 0 Å². The average molecular weight is 277 g/mol. The van der Waals surface area contributed by atoms with Crippen LogP contribution in [0.4, 0.5) is 11.4 Å². The molecule has 110 valence electrons. The van der Waals surface area contributed by atoms with Gasteiger partial charge in [-0.25, -0.2) is 0 Å². The van der Waals surface area contributed by atoms with Gasteiger partial charge in [0.15, 0.2) is 0 Å². The molecule has 1 fully saturated rings. The average Bonchev–Trinajstić information content (AvgIpc) is 2.33. The predicted molar refractivity (Wildman–Crippen MR) is 80.5 cm³/mol. The van der Waals surface area contributed by atoms with Crippen LogP contribution in [-0.4, -0.2) is 41.1 Å². The molecule has 4 N–H and O–H groups in total. The fourth-order valence-electron chi connectivity index (χ4n) is 2.64. The number of nitrogens with zero attached hydrogens (tertiary/aromatic N) is 1. The first-order valence-corrected chi connectivity index (χ1v) is 6.97. The first kappa shape index (κ1) is 14.8. The Balaban J connectivity index is 1.94. The van der Waals surface area contributed by atoms with Crippen molar-refractivity contribution in [2.45, 2.75) is 32.3 Å². The number of nitrogens with two attached hydrogens (primary N) is 1.